The van der Waals surface area contributed by atoms with Crippen molar-refractivity contribution in [1.29, 1.82) is 0 Å². The number of amides is 1. The molecule has 1 aromatic carbocycles. The second-order valence-corrected chi connectivity index (χ2v) is 7.93. The Morgan fingerprint density at radius 2 is 1.81 bits per heavy atom. The van der Waals surface area contributed by atoms with E-state index in [1.807, 2.05) is 20.8 Å². The van der Waals surface area contributed by atoms with Crippen LogP contribution in [0.2, 0.25) is 0 Å². The molecule has 0 radical (unpaired) electrons. The highest BCUT2D eigenvalue weighted by Gasteiger charge is 2.45. The van der Waals surface area contributed by atoms with Gasteiger partial charge in [-0.1, -0.05) is 0 Å². The molecule has 3 atom stereocenters. The van der Waals surface area contributed by atoms with Gasteiger partial charge >= 0.3 is 12.1 Å². The normalized spacial score (nSPS) is 25.1. The third-order valence-electron chi connectivity index (χ3n) is 4.76. The van der Waals surface area contributed by atoms with Gasteiger partial charge in [-0.25, -0.2) is 14.0 Å². The summed E-state index contributed by atoms with van der Waals surface area (Å²) < 4.78 is 24.8. The molecule has 142 valence electrons. The lowest BCUT2D eigenvalue weighted by Crippen LogP contribution is -2.50. The molecule has 0 saturated carbocycles. The zero-order valence-electron chi connectivity index (χ0n) is 15.2. The number of carboxylic acids is 1. The highest BCUT2D eigenvalue weighted by molar-refractivity contribution is 5.90. The standard InChI is InChI=1S/C19H24FNO5/c1-19(2,3)26-18(24)21-12-5-6-13(21)10-14(9-12)25-16-8-11(20)4-7-15(16)17(22)23/h4,7-8,12-14H,5-6,9-10H2,1-3H3,(H,22,23)/t12-,13+,14-. The van der Waals surface area contributed by atoms with Crippen molar-refractivity contribution in [2.75, 3.05) is 0 Å². The molecule has 1 N–H and O–H groups in total. The van der Waals surface area contributed by atoms with Crippen molar-refractivity contribution in [2.24, 2.45) is 0 Å². The van der Waals surface area contributed by atoms with Crippen molar-refractivity contribution in [3.63, 3.8) is 0 Å². The number of halogens is 1. The number of fused-ring (bicyclic) bond motifs is 2. The summed E-state index contributed by atoms with van der Waals surface area (Å²) in [6.07, 6.45) is 2.29. The van der Waals surface area contributed by atoms with Gasteiger partial charge in [0.1, 0.15) is 28.8 Å². The van der Waals surface area contributed by atoms with E-state index in [1.165, 1.54) is 6.07 Å². The molecule has 1 amide bonds. The van der Waals surface area contributed by atoms with Gasteiger partial charge in [0.25, 0.3) is 0 Å². The Hall–Kier alpha value is -2.31. The van der Waals surface area contributed by atoms with Crippen molar-refractivity contribution >= 4 is 12.1 Å². The number of carbonyl (C=O) groups is 2. The third-order valence-corrected chi connectivity index (χ3v) is 4.76. The second kappa shape index (κ2) is 6.78. The largest absolute Gasteiger partial charge is 0.489 e. The minimum Gasteiger partial charge on any atom is -0.489 e. The van der Waals surface area contributed by atoms with Crippen molar-refractivity contribution in [3.05, 3.63) is 29.6 Å². The SMILES string of the molecule is CC(C)(C)OC(=O)N1[C@@H]2CC[C@H]1C[C@H](Oc1cc(F)ccc1C(=O)O)C2. The van der Waals surface area contributed by atoms with E-state index in [0.29, 0.717) is 12.8 Å². The maximum absolute atomic E-state index is 13.5. The van der Waals surface area contributed by atoms with Crippen LogP contribution in [-0.4, -0.2) is 45.9 Å². The van der Waals surface area contributed by atoms with Crippen molar-refractivity contribution < 1.29 is 28.6 Å². The molecule has 2 saturated heterocycles. The molecule has 2 aliphatic rings. The quantitative estimate of drug-likeness (QED) is 0.881. The topological polar surface area (TPSA) is 76.1 Å². The Morgan fingerprint density at radius 1 is 1.19 bits per heavy atom. The minimum absolute atomic E-state index is 0.00422. The van der Waals surface area contributed by atoms with Gasteiger partial charge < -0.3 is 19.5 Å². The Kier molecular flexibility index (Phi) is 4.82. The Bertz CT molecular complexity index is 700. The number of carboxylic acid groups (broad SMARTS) is 1. The number of nitrogens with zero attached hydrogens (tertiary/aromatic N) is 1. The van der Waals surface area contributed by atoms with Crippen LogP contribution in [0.4, 0.5) is 9.18 Å². The Balaban J connectivity index is 1.71. The first-order valence-corrected chi connectivity index (χ1v) is 8.85. The zero-order chi connectivity index (χ0) is 19.1. The van der Waals surface area contributed by atoms with Crippen LogP contribution in [0.25, 0.3) is 0 Å². The summed E-state index contributed by atoms with van der Waals surface area (Å²) in [5, 5.41) is 9.25. The summed E-state index contributed by atoms with van der Waals surface area (Å²) in [4.78, 5) is 25.6. The predicted octanol–water partition coefficient (Wildman–Crippen LogP) is 3.83. The first kappa shape index (κ1) is 18.5. The van der Waals surface area contributed by atoms with Gasteiger partial charge in [-0.05, 0) is 45.7 Å². The van der Waals surface area contributed by atoms with Crippen molar-refractivity contribution in [3.8, 4) is 5.75 Å². The average molecular weight is 365 g/mol. The van der Waals surface area contributed by atoms with Gasteiger partial charge in [-0.3, -0.25) is 0 Å². The van der Waals surface area contributed by atoms with E-state index in [9.17, 15) is 19.1 Å². The van der Waals surface area contributed by atoms with Crippen LogP contribution in [0.3, 0.4) is 0 Å². The van der Waals surface area contributed by atoms with Crippen LogP contribution in [0, 0.1) is 5.82 Å². The summed E-state index contributed by atoms with van der Waals surface area (Å²) in [6, 6.07) is 3.40. The molecule has 6 nitrogen and oxygen atoms in total. The first-order valence-electron chi connectivity index (χ1n) is 8.85. The van der Waals surface area contributed by atoms with Crippen LogP contribution in [-0.2, 0) is 4.74 Å². The average Bonchev–Trinajstić information content (AvgIpc) is 2.77. The lowest BCUT2D eigenvalue weighted by atomic mass is 10.00. The molecule has 2 fully saturated rings. The smallest absolute Gasteiger partial charge is 0.410 e. The molecule has 2 heterocycles. The van der Waals surface area contributed by atoms with Crippen LogP contribution < -0.4 is 4.74 Å². The molecular formula is C19H24FNO5. The molecular weight excluding hydrogens is 341 g/mol. The first-order chi connectivity index (χ1) is 12.1. The molecule has 2 bridgehead atoms. The highest BCUT2D eigenvalue weighted by atomic mass is 19.1. The monoisotopic (exact) mass is 365 g/mol. The van der Waals surface area contributed by atoms with Crippen molar-refractivity contribution in [1.82, 2.24) is 4.90 Å². The molecule has 1 aromatic rings. The number of hydrogen-bond acceptors (Lipinski definition) is 4. The van der Waals surface area contributed by atoms with Gasteiger partial charge in [0.15, 0.2) is 0 Å². The summed E-state index contributed by atoms with van der Waals surface area (Å²) in [7, 11) is 0. The fourth-order valence-corrected chi connectivity index (χ4v) is 3.79. The van der Waals surface area contributed by atoms with Gasteiger partial charge in [0.2, 0.25) is 0 Å². The minimum atomic E-state index is -1.16. The number of aromatic carboxylic acids is 1. The maximum atomic E-state index is 13.5. The number of ether oxygens (including phenoxy) is 2. The zero-order valence-corrected chi connectivity index (χ0v) is 15.2. The van der Waals surface area contributed by atoms with Gasteiger partial charge in [-0.15, -0.1) is 0 Å². The van der Waals surface area contributed by atoms with E-state index in [1.54, 1.807) is 4.90 Å². The summed E-state index contributed by atoms with van der Waals surface area (Å²) in [5.41, 5.74) is -0.615. The van der Waals surface area contributed by atoms with Crippen molar-refractivity contribution in [2.45, 2.75) is 70.2 Å². The Morgan fingerprint density at radius 3 is 2.35 bits per heavy atom. The van der Waals surface area contributed by atoms with Gasteiger partial charge in [-0.2, -0.15) is 0 Å². The van der Waals surface area contributed by atoms with E-state index in [-0.39, 0.29) is 35.6 Å². The number of hydrogen-bond donors (Lipinski definition) is 1. The number of rotatable bonds is 3. The fraction of sp³-hybridized carbons (Fsp3) is 0.579. The molecule has 7 heteroatoms. The number of piperidine rings is 1. The van der Waals surface area contributed by atoms with E-state index in [2.05, 4.69) is 0 Å². The summed E-state index contributed by atoms with van der Waals surface area (Å²) >= 11 is 0. The van der Waals surface area contributed by atoms with Gasteiger partial charge in [0, 0.05) is 31.0 Å². The molecule has 2 aliphatic heterocycles. The predicted molar refractivity (Wildman–Crippen MR) is 91.9 cm³/mol. The van der Waals surface area contributed by atoms with Gasteiger partial charge in [0.05, 0.1) is 0 Å². The molecule has 0 unspecified atom stereocenters. The van der Waals surface area contributed by atoms with E-state index in [4.69, 9.17) is 9.47 Å². The summed E-state index contributed by atoms with van der Waals surface area (Å²) in [6.45, 7) is 5.50. The number of carbonyl (C=O) groups excluding carboxylic acids is 1. The lowest BCUT2D eigenvalue weighted by molar-refractivity contribution is -0.00716. The second-order valence-electron chi connectivity index (χ2n) is 7.93. The fourth-order valence-electron chi connectivity index (χ4n) is 3.79. The molecule has 3 rings (SSSR count). The van der Waals surface area contributed by atoms with E-state index in [0.717, 1.165) is 25.0 Å². The molecule has 26 heavy (non-hydrogen) atoms. The lowest BCUT2D eigenvalue weighted by Gasteiger charge is -2.39. The highest BCUT2D eigenvalue weighted by Crippen LogP contribution is 2.38. The summed E-state index contributed by atoms with van der Waals surface area (Å²) in [5.74, 6) is -1.67. The molecule has 0 aliphatic carbocycles. The number of benzene rings is 1. The maximum Gasteiger partial charge on any atom is 0.410 e. The van der Waals surface area contributed by atoms with E-state index >= 15 is 0 Å². The van der Waals surface area contributed by atoms with Crippen LogP contribution in [0.5, 0.6) is 5.75 Å². The molecule has 0 aromatic heterocycles. The van der Waals surface area contributed by atoms with E-state index < -0.39 is 17.4 Å². The molecule has 0 spiro atoms. The Labute approximate surface area is 151 Å². The van der Waals surface area contributed by atoms with Crippen LogP contribution in [0.1, 0.15) is 56.8 Å². The third kappa shape index (κ3) is 3.92. The van der Waals surface area contributed by atoms with Crippen LogP contribution in [0.15, 0.2) is 18.2 Å². The van der Waals surface area contributed by atoms with Crippen LogP contribution >= 0.6 is 0 Å².